The fourth-order valence-corrected chi connectivity index (χ4v) is 15.1. The van der Waals surface area contributed by atoms with E-state index in [1.807, 2.05) is 11.3 Å². The highest BCUT2D eigenvalue weighted by atomic mass is 32.1. The number of hydrogen-bond acceptors (Lipinski definition) is 4. The van der Waals surface area contributed by atoms with Crippen LogP contribution in [-0.4, -0.2) is 9.97 Å². The highest BCUT2D eigenvalue weighted by Crippen LogP contribution is 2.70. The van der Waals surface area contributed by atoms with Gasteiger partial charge in [0.2, 0.25) is 0 Å². The molecule has 5 aliphatic carbocycles. The third-order valence-corrected chi connectivity index (χ3v) is 17.3. The quantitative estimate of drug-likeness (QED) is 0.177. The summed E-state index contributed by atoms with van der Waals surface area (Å²) >= 11 is 3.66. The van der Waals surface area contributed by atoms with Gasteiger partial charge in [0.15, 0.2) is 5.82 Å². The van der Waals surface area contributed by atoms with Crippen molar-refractivity contribution in [3.05, 3.63) is 169 Å². The van der Waals surface area contributed by atoms with Crippen molar-refractivity contribution >= 4 is 63.1 Å². The Morgan fingerprint density at radius 2 is 1.05 bits per heavy atom. The summed E-state index contributed by atoms with van der Waals surface area (Å²) in [6, 6.07) is 59.3. The van der Waals surface area contributed by atoms with Gasteiger partial charge in [-0.15, -0.1) is 22.7 Å². The highest BCUT2D eigenvalue weighted by Gasteiger charge is 2.61. The number of thiophene rings is 2. The van der Waals surface area contributed by atoms with E-state index >= 15 is 0 Å². The molecular formula is C56H40N2S2. The number of fused-ring (bicyclic) bond motifs is 9. The minimum absolute atomic E-state index is 0.101. The topological polar surface area (TPSA) is 25.8 Å². The standard InChI is InChI=1S/C56H40N2S2/c1-2-10-35(11-3-1)53-52-43-14-6-9-17-50(43)60-55(52)58-54(57-53)36-20-18-34(19-21-36)45-31-48-46(30-44(45)37-22-23-42-41-13-5-8-16-49(41)59-51(42)29-37)40-12-4-7-15-47(40)56(48)38-25-32-24-33(27-38)28-39(56)26-32/h1-23,29-33,38-39H,24-28H2. The van der Waals surface area contributed by atoms with Crippen LogP contribution >= 0.6 is 22.7 Å². The van der Waals surface area contributed by atoms with E-state index in [4.69, 9.17) is 9.97 Å². The first kappa shape index (κ1) is 33.8. The Kier molecular flexibility index (Phi) is 7.08. The zero-order chi connectivity index (χ0) is 39.1. The molecule has 4 heteroatoms. The monoisotopic (exact) mass is 804 g/mol. The lowest BCUT2D eigenvalue weighted by Gasteiger charge is -2.61. The van der Waals surface area contributed by atoms with Gasteiger partial charge in [-0.2, -0.15) is 0 Å². The van der Waals surface area contributed by atoms with Gasteiger partial charge < -0.3 is 0 Å². The summed E-state index contributed by atoms with van der Waals surface area (Å²) in [5.41, 5.74) is 14.5. The number of hydrogen-bond donors (Lipinski definition) is 0. The first-order valence-electron chi connectivity index (χ1n) is 21.7. The number of nitrogens with zero attached hydrogens (tertiary/aromatic N) is 2. The second kappa shape index (κ2) is 12.5. The summed E-state index contributed by atoms with van der Waals surface area (Å²) < 4.78 is 3.93. The summed E-state index contributed by atoms with van der Waals surface area (Å²) in [4.78, 5) is 11.6. The van der Waals surface area contributed by atoms with Crippen LogP contribution in [0.15, 0.2) is 158 Å². The molecule has 0 atom stereocenters. The van der Waals surface area contributed by atoms with Crippen LogP contribution in [0.4, 0.5) is 0 Å². The lowest BCUT2D eigenvalue weighted by Crippen LogP contribution is -2.55. The van der Waals surface area contributed by atoms with Gasteiger partial charge in [-0.3, -0.25) is 0 Å². The fourth-order valence-electron chi connectivity index (χ4n) is 12.9. The van der Waals surface area contributed by atoms with Crippen molar-refractivity contribution < 1.29 is 0 Å². The van der Waals surface area contributed by atoms with Gasteiger partial charge in [0.25, 0.3) is 0 Å². The largest absolute Gasteiger partial charge is 0.227 e. The molecule has 0 N–H and O–H groups in total. The Balaban J connectivity index is 0.970. The molecule has 4 fully saturated rings. The lowest BCUT2D eigenvalue weighted by atomic mass is 9.43. The normalized spacial score (nSPS) is 22.4. The third kappa shape index (κ3) is 4.69. The SMILES string of the molecule is c1ccc(-c2nc(-c3ccc(-c4cc5c(cc4-c4ccc6c(c4)sc4ccccc46)-c4ccccc4C54C5CC6CC(C5)CC4C6)cc3)nc3sc4ccccc4c23)cc1. The van der Waals surface area contributed by atoms with E-state index in [2.05, 4.69) is 158 Å². The van der Waals surface area contributed by atoms with Crippen molar-refractivity contribution in [2.75, 3.05) is 0 Å². The van der Waals surface area contributed by atoms with Gasteiger partial charge in [0.1, 0.15) is 4.83 Å². The van der Waals surface area contributed by atoms with E-state index in [1.54, 1.807) is 22.5 Å². The molecule has 3 aromatic heterocycles. The Morgan fingerprint density at radius 3 is 1.85 bits per heavy atom. The van der Waals surface area contributed by atoms with Gasteiger partial charge in [-0.1, -0.05) is 127 Å². The van der Waals surface area contributed by atoms with E-state index in [1.165, 1.54) is 95.7 Å². The first-order valence-corrected chi connectivity index (χ1v) is 23.4. The molecule has 60 heavy (non-hydrogen) atoms. The smallest absolute Gasteiger partial charge is 0.161 e. The summed E-state index contributed by atoms with van der Waals surface area (Å²) in [7, 11) is 0. The summed E-state index contributed by atoms with van der Waals surface area (Å²) in [5.74, 6) is 4.01. The van der Waals surface area contributed by atoms with Crippen LogP contribution in [0.25, 0.3) is 96.5 Å². The van der Waals surface area contributed by atoms with Gasteiger partial charge in [-0.05, 0) is 131 Å². The van der Waals surface area contributed by atoms with Crippen LogP contribution in [0, 0.1) is 23.7 Å². The van der Waals surface area contributed by atoms with Crippen LogP contribution in [-0.2, 0) is 5.41 Å². The molecule has 0 unspecified atom stereocenters. The molecular weight excluding hydrogens is 765 g/mol. The molecule has 286 valence electrons. The molecule has 2 nitrogen and oxygen atoms in total. The van der Waals surface area contributed by atoms with Crippen molar-refractivity contribution in [3.63, 3.8) is 0 Å². The Labute approximate surface area is 357 Å². The predicted molar refractivity (Wildman–Crippen MR) is 253 cm³/mol. The van der Waals surface area contributed by atoms with Crippen LogP contribution in [0.3, 0.4) is 0 Å². The minimum Gasteiger partial charge on any atom is -0.227 e. The van der Waals surface area contributed by atoms with Crippen molar-refractivity contribution in [2.24, 2.45) is 23.7 Å². The minimum atomic E-state index is 0.101. The van der Waals surface area contributed by atoms with Crippen LogP contribution in [0.1, 0.15) is 43.2 Å². The van der Waals surface area contributed by atoms with Crippen LogP contribution in [0.5, 0.6) is 0 Å². The van der Waals surface area contributed by atoms with Gasteiger partial charge in [0.05, 0.1) is 5.69 Å². The van der Waals surface area contributed by atoms with Gasteiger partial charge in [0, 0.05) is 52.2 Å². The molecule has 7 aromatic carbocycles. The van der Waals surface area contributed by atoms with Crippen molar-refractivity contribution in [1.29, 1.82) is 0 Å². The molecule has 15 rings (SSSR count). The summed E-state index contributed by atoms with van der Waals surface area (Å²) in [6.07, 6.45) is 6.98. The molecule has 10 aromatic rings. The maximum Gasteiger partial charge on any atom is 0.161 e. The lowest BCUT2D eigenvalue weighted by molar-refractivity contribution is -0.0399. The fraction of sp³-hybridized carbons (Fsp3) is 0.179. The van der Waals surface area contributed by atoms with E-state index in [0.29, 0.717) is 11.8 Å². The molecule has 0 aliphatic heterocycles. The maximum absolute atomic E-state index is 5.34. The predicted octanol–water partition coefficient (Wildman–Crippen LogP) is 15.6. The molecule has 5 aliphatic rings. The molecule has 4 bridgehead atoms. The molecule has 4 saturated carbocycles. The van der Waals surface area contributed by atoms with Gasteiger partial charge >= 0.3 is 0 Å². The Morgan fingerprint density at radius 1 is 0.417 bits per heavy atom. The van der Waals surface area contributed by atoms with Crippen molar-refractivity contribution in [3.8, 4) is 56.0 Å². The molecule has 0 radical (unpaired) electrons. The Bertz CT molecular complexity index is 3360. The Hall–Kier alpha value is -5.94. The molecule has 0 amide bonds. The number of benzene rings is 7. The number of rotatable bonds is 4. The van der Waals surface area contributed by atoms with E-state index in [0.717, 1.165) is 44.7 Å². The highest BCUT2D eigenvalue weighted by molar-refractivity contribution is 7.26. The maximum atomic E-state index is 5.34. The summed E-state index contributed by atoms with van der Waals surface area (Å²) in [5, 5.41) is 5.04. The third-order valence-electron chi connectivity index (χ3n) is 15.1. The van der Waals surface area contributed by atoms with Gasteiger partial charge in [-0.25, -0.2) is 9.97 Å². The molecule has 3 heterocycles. The zero-order valence-corrected chi connectivity index (χ0v) is 34.7. The zero-order valence-electron chi connectivity index (χ0n) is 33.1. The van der Waals surface area contributed by atoms with Crippen LogP contribution < -0.4 is 0 Å². The second-order valence-corrected chi connectivity index (χ2v) is 20.2. The average Bonchev–Trinajstić information content (AvgIpc) is 3.95. The number of aromatic nitrogens is 2. The molecule has 0 saturated heterocycles. The van der Waals surface area contributed by atoms with Crippen molar-refractivity contribution in [1.82, 2.24) is 9.97 Å². The first-order chi connectivity index (χ1) is 29.7. The van der Waals surface area contributed by atoms with Crippen molar-refractivity contribution in [2.45, 2.75) is 37.5 Å². The van der Waals surface area contributed by atoms with E-state index in [9.17, 15) is 0 Å². The van der Waals surface area contributed by atoms with E-state index in [-0.39, 0.29) is 5.41 Å². The second-order valence-electron chi connectivity index (χ2n) is 18.1. The van der Waals surface area contributed by atoms with Crippen LogP contribution in [0.2, 0.25) is 0 Å². The summed E-state index contributed by atoms with van der Waals surface area (Å²) in [6.45, 7) is 0. The molecule has 1 spiro atoms. The van der Waals surface area contributed by atoms with E-state index < -0.39 is 0 Å². The average molecular weight is 805 g/mol.